The lowest BCUT2D eigenvalue weighted by Crippen LogP contribution is -2.13. The Kier molecular flexibility index (Phi) is 8.26. The number of amides is 1. The van der Waals surface area contributed by atoms with Crippen LogP contribution in [-0.4, -0.2) is 12.5 Å². The fourth-order valence-corrected chi connectivity index (χ4v) is 4.07. The van der Waals surface area contributed by atoms with Crippen molar-refractivity contribution in [1.29, 1.82) is 5.26 Å². The molecule has 0 atom stereocenters. The van der Waals surface area contributed by atoms with Crippen molar-refractivity contribution in [2.24, 2.45) is 0 Å². The van der Waals surface area contributed by atoms with E-state index in [4.69, 9.17) is 16.3 Å². The van der Waals surface area contributed by atoms with Crippen LogP contribution in [0.1, 0.15) is 23.6 Å². The minimum atomic E-state index is -0.577. The first-order valence-electron chi connectivity index (χ1n) is 9.78. The number of hydrogen-bond donors (Lipinski definition) is 1. The van der Waals surface area contributed by atoms with Crippen LogP contribution in [0.2, 0.25) is 5.02 Å². The third-order valence-electron chi connectivity index (χ3n) is 4.58. The minimum Gasteiger partial charge on any atom is -0.494 e. The topological polar surface area (TPSA) is 62.1 Å². The number of anilines is 1. The summed E-state index contributed by atoms with van der Waals surface area (Å²) >= 11 is 8.55. The monoisotopic (exact) mass is 560 g/mol. The lowest BCUT2D eigenvalue weighted by Gasteiger charge is -2.15. The highest BCUT2D eigenvalue weighted by molar-refractivity contribution is 14.1. The van der Waals surface area contributed by atoms with E-state index in [2.05, 4.69) is 27.9 Å². The van der Waals surface area contributed by atoms with Gasteiger partial charge in [-0.05, 0) is 89.2 Å². The van der Waals surface area contributed by atoms with E-state index in [1.165, 1.54) is 30.3 Å². The Morgan fingerprint density at radius 3 is 2.59 bits per heavy atom. The van der Waals surface area contributed by atoms with Crippen molar-refractivity contribution in [1.82, 2.24) is 0 Å². The Hall–Kier alpha value is -2.89. The van der Waals surface area contributed by atoms with Gasteiger partial charge in [-0.25, -0.2) is 4.39 Å². The van der Waals surface area contributed by atoms with Gasteiger partial charge in [0.2, 0.25) is 0 Å². The van der Waals surface area contributed by atoms with Gasteiger partial charge in [-0.2, -0.15) is 5.26 Å². The average molecular weight is 561 g/mol. The summed E-state index contributed by atoms with van der Waals surface area (Å²) in [6.07, 6.45) is 2.09. The van der Waals surface area contributed by atoms with Gasteiger partial charge in [0, 0.05) is 26.3 Å². The molecule has 0 heterocycles. The molecule has 0 aromatic heterocycles. The highest BCUT2D eigenvalue weighted by Gasteiger charge is 2.15. The van der Waals surface area contributed by atoms with Crippen molar-refractivity contribution in [3.05, 3.63) is 97.3 Å². The highest BCUT2D eigenvalue weighted by atomic mass is 127. The summed E-state index contributed by atoms with van der Waals surface area (Å²) in [5.41, 5.74) is 2.94. The van der Waals surface area contributed by atoms with Gasteiger partial charge in [0.25, 0.3) is 5.91 Å². The lowest BCUT2D eigenvalue weighted by molar-refractivity contribution is -0.112. The molecule has 1 N–H and O–H groups in total. The quantitative estimate of drug-likeness (QED) is 0.201. The molecule has 1 amide bonds. The van der Waals surface area contributed by atoms with Crippen molar-refractivity contribution >= 4 is 51.9 Å². The molecule has 3 aromatic carbocycles. The van der Waals surface area contributed by atoms with Crippen molar-refractivity contribution in [2.45, 2.75) is 13.3 Å². The van der Waals surface area contributed by atoms with Crippen molar-refractivity contribution in [3.63, 3.8) is 0 Å². The van der Waals surface area contributed by atoms with E-state index >= 15 is 0 Å². The Balaban J connectivity index is 1.91. The maximum Gasteiger partial charge on any atom is 0.266 e. The van der Waals surface area contributed by atoms with E-state index in [1.54, 1.807) is 6.07 Å². The van der Waals surface area contributed by atoms with Gasteiger partial charge in [-0.3, -0.25) is 4.79 Å². The third kappa shape index (κ3) is 6.09. The molecule has 0 aliphatic carbocycles. The van der Waals surface area contributed by atoms with E-state index in [0.717, 1.165) is 14.7 Å². The van der Waals surface area contributed by atoms with Gasteiger partial charge in [-0.1, -0.05) is 29.8 Å². The molecule has 4 nitrogen and oxygen atoms in total. The molecule has 162 valence electrons. The summed E-state index contributed by atoms with van der Waals surface area (Å²) in [7, 11) is 0. The second-order valence-electron chi connectivity index (χ2n) is 6.81. The summed E-state index contributed by atoms with van der Waals surface area (Å²) in [5, 5.41) is 12.8. The first-order chi connectivity index (χ1) is 15.4. The number of benzene rings is 3. The predicted octanol–water partition coefficient (Wildman–Crippen LogP) is 6.62. The van der Waals surface area contributed by atoms with Gasteiger partial charge < -0.3 is 10.1 Å². The molecule has 0 saturated carbocycles. The van der Waals surface area contributed by atoms with Crippen LogP contribution in [0, 0.1) is 20.7 Å². The molecule has 0 aliphatic rings. The van der Waals surface area contributed by atoms with E-state index in [0.29, 0.717) is 35.1 Å². The maximum atomic E-state index is 13.1. The van der Waals surface area contributed by atoms with Gasteiger partial charge in [0.15, 0.2) is 0 Å². The Morgan fingerprint density at radius 2 is 1.94 bits per heavy atom. The lowest BCUT2D eigenvalue weighted by atomic mass is 10.0. The summed E-state index contributed by atoms with van der Waals surface area (Å²) in [4.78, 5) is 12.5. The summed E-state index contributed by atoms with van der Waals surface area (Å²) in [5.74, 6) is -0.317. The molecule has 3 rings (SSSR count). The molecule has 0 radical (unpaired) electrons. The number of carbonyl (C=O) groups is 1. The van der Waals surface area contributed by atoms with Crippen LogP contribution in [0.25, 0.3) is 6.08 Å². The first kappa shape index (κ1) is 23.8. The zero-order valence-electron chi connectivity index (χ0n) is 17.2. The number of ether oxygens (including phenoxy) is 1. The molecular weight excluding hydrogens is 542 g/mol. The fraction of sp³-hybridized carbons (Fsp3) is 0.120. The van der Waals surface area contributed by atoms with Gasteiger partial charge in [0.05, 0.1) is 6.61 Å². The van der Waals surface area contributed by atoms with Gasteiger partial charge in [-0.15, -0.1) is 0 Å². The molecule has 3 aromatic rings. The van der Waals surface area contributed by atoms with E-state index in [-0.39, 0.29) is 5.57 Å². The summed E-state index contributed by atoms with van der Waals surface area (Å²) < 4.78 is 19.9. The summed E-state index contributed by atoms with van der Waals surface area (Å²) in [6.45, 7) is 2.36. The normalized spacial score (nSPS) is 11.0. The molecule has 0 aliphatic heterocycles. The Labute approximate surface area is 204 Å². The highest BCUT2D eigenvalue weighted by Crippen LogP contribution is 2.31. The zero-order chi connectivity index (χ0) is 23.1. The van der Waals surface area contributed by atoms with Crippen LogP contribution >= 0.6 is 34.2 Å². The van der Waals surface area contributed by atoms with Crippen molar-refractivity contribution < 1.29 is 13.9 Å². The predicted molar refractivity (Wildman–Crippen MR) is 133 cm³/mol. The SMILES string of the molecule is CCOc1cc(/C=C(\C#N)C(=O)Nc2ccc(F)cc2)cc(I)c1Cc1ccccc1Cl. The van der Waals surface area contributed by atoms with Crippen molar-refractivity contribution in [2.75, 3.05) is 11.9 Å². The number of nitriles is 1. The number of rotatable bonds is 7. The average Bonchev–Trinajstić information content (AvgIpc) is 2.77. The van der Waals surface area contributed by atoms with Crippen LogP contribution in [-0.2, 0) is 11.2 Å². The number of halogens is 3. The summed E-state index contributed by atoms with van der Waals surface area (Å²) in [6, 6.07) is 18.6. The van der Waals surface area contributed by atoms with E-state index in [1.807, 2.05) is 43.3 Å². The zero-order valence-corrected chi connectivity index (χ0v) is 20.1. The van der Waals surface area contributed by atoms with Gasteiger partial charge in [0.1, 0.15) is 23.2 Å². The molecule has 0 unspecified atom stereocenters. The first-order valence-corrected chi connectivity index (χ1v) is 11.2. The van der Waals surface area contributed by atoms with Crippen molar-refractivity contribution in [3.8, 4) is 11.8 Å². The van der Waals surface area contributed by atoms with Crippen LogP contribution < -0.4 is 10.1 Å². The van der Waals surface area contributed by atoms with E-state index < -0.39 is 11.7 Å². The standard InChI is InChI=1S/C25H19ClFIN2O2/c1-2-32-24-13-16(12-23(28)21(24)14-17-5-3-4-6-22(17)26)11-18(15-29)25(31)30-20-9-7-19(27)8-10-20/h3-13H,2,14H2,1H3,(H,30,31)/b18-11+. The number of hydrogen-bond acceptors (Lipinski definition) is 3. The minimum absolute atomic E-state index is 0.0774. The second kappa shape index (κ2) is 11.1. The molecular formula is C25H19ClFIN2O2. The number of nitrogens with one attached hydrogen (secondary N) is 1. The molecule has 0 fully saturated rings. The molecule has 0 spiro atoms. The molecule has 0 saturated heterocycles. The Morgan fingerprint density at radius 1 is 1.22 bits per heavy atom. The Bertz CT molecular complexity index is 1200. The van der Waals surface area contributed by atoms with Crippen LogP contribution in [0.15, 0.2) is 66.2 Å². The number of nitrogens with zero attached hydrogens (tertiary/aromatic N) is 1. The third-order valence-corrected chi connectivity index (χ3v) is 5.91. The molecule has 32 heavy (non-hydrogen) atoms. The second-order valence-corrected chi connectivity index (χ2v) is 8.38. The maximum absolute atomic E-state index is 13.1. The molecule has 0 bridgehead atoms. The van der Waals surface area contributed by atoms with Crippen LogP contribution in [0.4, 0.5) is 10.1 Å². The smallest absolute Gasteiger partial charge is 0.266 e. The van der Waals surface area contributed by atoms with Crippen LogP contribution in [0.5, 0.6) is 5.75 Å². The fourth-order valence-electron chi connectivity index (χ4n) is 3.05. The largest absolute Gasteiger partial charge is 0.494 e. The van der Waals surface area contributed by atoms with Gasteiger partial charge >= 0.3 is 0 Å². The number of carbonyl (C=O) groups excluding carboxylic acids is 1. The van der Waals surface area contributed by atoms with E-state index in [9.17, 15) is 14.4 Å². The van der Waals surface area contributed by atoms with Crippen LogP contribution in [0.3, 0.4) is 0 Å². The molecule has 7 heteroatoms.